The molecule has 2 atom stereocenters. The minimum absolute atomic E-state index is 0.334. The van der Waals surface area contributed by atoms with E-state index >= 15 is 0 Å². The fraction of sp³-hybridized carbons (Fsp3) is 0.500. The van der Waals surface area contributed by atoms with Gasteiger partial charge in [-0.05, 0) is 18.6 Å². The van der Waals surface area contributed by atoms with Crippen molar-refractivity contribution in [2.45, 2.75) is 32.0 Å². The number of rotatable bonds is 7. The maximum Gasteiger partial charge on any atom is 0.323 e. The van der Waals surface area contributed by atoms with Gasteiger partial charge in [0.05, 0.1) is 20.3 Å². The smallest absolute Gasteiger partial charge is 0.323 e. The van der Waals surface area contributed by atoms with Gasteiger partial charge in [-0.3, -0.25) is 9.69 Å². The molecule has 1 N–H and O–H groups in total. The van der Waals surface area contributed by atoms with Crippen LogP contribution in [0.25, 0.3) is 0 Å². The van der Waals surface area contributed by atoms with Crippen molar-refractivity contribution in [2.75, 3.05) is 27.4 Å². The molecule has 1 aliphatic rings. The van der Waals surface area contributed by atoms with Gasteiger partial charge in [0.25, 0.3) is 0 Å². The summed E-state index contributed by atoms with van der Waals surface area (Å²) in [5.74, 6) is 0.926. The molecule has 0 aliphatic carbocycles. The number of esters is 1. The highest BCUT2D eigenvalue weighted by atomic mass is 16.5. The van der Waals surface area contributed by atoms with Crippen molar-refractivity contribution in [1.29, 1.82) is 0 Å². The number of methoxy groups -OCH3 is 2. The Morgan fingerprint density at radius 2 is 2.17 bits per heavy atom. The third-order valence-electron chi connectivity index (χ3n) is 3.97. The minimum atomic E-state index is -0.542. The van der Waals surface area contributed by atoms with Gasteiger partial charge in [0.1, 0.15) is 12.6 Å². The Morgan fingerprint density at radius 3 is 2.79 bits per heavy atom. The predicted octanol–water partition coefficient (Wildman–Crippen LogP) is 1.76. The van der Waals surface area contributed by atoms with E-state index in [1.165, 1.54) is 7.11 Å². The molecule has 1 aromatic rings. The first kappa shape index (κ1) is 18.3. The van der Waals surface area contributed by atoms with Crippen LogP contribution in [0.4, 0.5) is 0 Å². The molecule has 1 heterocycles. The van der Waals surface area contributed by atoms with Crippen molar-refractivity contribution in [3.8, 4) is 11.5 Å². The van der Waals surface area contributed by atoms with Gasteiger partial charge in [-0.2, -0.15) is 0 Å². The van der Waals surface area contributed by atoms with E-state index in [0.29, 0.717) is 37.6 Å². The van der Waals surface area contributed by atoms with Crippen LogP contribution in [0.2, 0.25) is 0 Å². The maximum absolute atomic E-state index is 11.9. The lowest BCUT2D eigenvalue weighted by Gasteiger charge is -2.24. The summed E-state index contributed by atoms with van der Waals surface area (Å²) in [6.07, 6.45) is -0.169. The average Bonchev–Trinajstić information content (AvgIpc) is 2.92. The summed E-state index contributed by atoms with van der Waals surface area (Å²) < 4.78 is 16.1. The SMILES string of the molecule is C=C(C)COc1c(CN2C[C@H](O)C[C@H]2C(=O)OC)cccc1OC. The molecule has 1 fully saturated rings. The molecule has 1 saturated heterocycles. The quantitative estimate of drug-likeness (QED) is 0.605. The third kappa shape index (κ3) is 4.27. The summed E-state index contributed by atoms with van der Waals surface area (Å²) in [4.78, 5) is 13.8. The molecule has 0 amide bonds. The molecule has 2 rings (SSSR count). The topological polar surface area (TPSA) is 68.2 Å². The number of hydrogen-bond acceptors (Lipinski definition) is 6. The first-order valence-corrected chi connectivity index (χ1v) is 7.89. The van der Waals surface area contributed by atoms with Gasteiger partial charge >= 0.3 is 5.97 Å². The van der Waals surface area contributed by atoms with E-state index < -0.39 is 12.1 Å². The molecule has 0 spiro atoms. The molecule has 0 bridgehead atoms. The zero-order valence-electron chi connectivity index (χ0n) is 14.4. The number of carbonyl (C=O) groups is 1. The molecule has 6 nitrogen and oxygen atoms in total. The summed E-state index contributed by atoms with van der Waals surface area (Å²) in [6, 6.07) is 5.18. The number of nitrogens with zero attached hydrogens (tertiary/aromatic N) is 1. The lowest BCUT2D eigenvalue weighted by Crippen LogP contribution is -2.36. The van der Waals surface area contributed by atoms with Crippen molar-refractivity contribution in [3.63, 3.8) is 0 Å². The Balaban J connectivity index is 2.24. The molecule has 0 radical (unpaired) electrons. The number of aliphatic hydroxyl groups excluding tert-OH is 1. The van der Waals surface area contributed by atoms with E-state index in [4.69, 9.17) is 14.2 Å². The van der Waals surface area contributed by atoms with Crippen LogP contribution in [0.15, 0.2) is 30.4 Å². The van der Waals surface area contributed by atoms with E-state index in [9.17, 15) is 9.90 Å². The van der Waals surface area contributed by atoms with Gasteiger partial charge in [-0.25, -0.2) is 0 Å². The Kier molecular flexibility index (Phi) is 6.23. The van der Waals surface area contributed by atoms with Crippen LogP contribution in [-0.4, -0.2) is 55.5 Å². The average molecular weight is 335 g/mol. The number of benzene rings is 1. The molecule has 1 aliphatic heterocycles. The van der Waals surface area contributed by atoms with Gasteiger partial charge in [-0.15, -0.1) is 0 Å². The van der Waals surface area contributed by atoms with Crippen LogP contribution in [-0.2, 0) is 16.1 Å². The van der Waals surface area contributed by atoms with Crippen molar-refractivity contribution in [1.82, 2.24) is 4.90 Å². The number of para-hydroxylation sites is 1. The maximum atomic E-state index is 11.9. The summed E-state index contributed by atoms with van der Waals surface area (Å²) in [5.41, 5.74) is 1.79. The first-order chi connectivity index (χ1) is 11.5. The van der Waals surface area contributed by atoms with E-state index in [0.717, 1.165) is 11.1 Å². The zero-order valence-corrected chi connectivity index (χ0v) is 14.4. The standard InChI is InChI=1S/C18H25NO5/c1-12(2)11-24-17-13(6-5-7-16(17)22-3)9-19-10-14(20)8-15(19)18(21)23-4/h5-7,14-15,20H,1,8-11H2,2-4H3/t14-,15+/m1/s1. The van der Waals surface area contributed by atoms with Gasteiger partial charge < -0.3 is 19.3 Å². The Morgan fingerprint density at radius 1 is 1.42 bits per heavy atom. The predicted molar refractivity (Wildman–Crippen MR) is 90.1 cm³/mol. The summed E-state index contributed by atoms with van der Waals surface area (Å²) in [7, 11) is 2.95. The highest BCUT2D eigenvalue weighted by Gasteiger charge is 2.37. The summed E-state index contributed by atoms with van der Waals surface area (Å²) in [6.45, 7) is 6.99. The fourth-order valence-corrected chi connectivity index (χ4v) is 2.86. The van der Waals surface area contributed by atoms with E-state index in [1.807, 2.05) is 30.0 Å². The highest BCUT2D eigenvalue weighted by molar-refractivity contribution is 5.76. The second-order valence-corrected chi connectivity index (χ2v) is 6.05. The summed E-state index contributed by atoms with van der Waals surface area (Å²) in [5, 5.41) is 9.92. The number of likely N-dealkylation sites (tertiary alicyclic amines) is 1. The molecular weight excluding hydrogens is 310 g/mol. The zero-order chi connectivity index (χ0) is 17.7. The van der Waals surface area contributed by atoms with Crippen molar-refractivity contribution in [3.05, 3.63) is 35.9 Å². The van der Waals surface area contributed by atoms with Crippen LogP contribution in [0.1, 0.15) is 18.9 Å². The summed E-state index contributed by atoms with van der Waals surface area (Å²) >= 11 is 0. The Bertz CT molecular complexity index is 601. The van der Waals surface area contributed by atoms with E-state index in [1.54, 1.807) is 7.11 Å². The molecule has 1 aromatic carbocycles. The Labute approximate surface area is 142 Å². The van der Waals surface area contributed by atoms with Crippen LogP contribution in [0.3, 0.4) is 0 Å². The molecule has 6 heteroatoms. The van der Waals surface area contributed by atoms with Crippen LogP contribution >= 0.6 is 0 Å². The lowest BCUT2D eigenvalue weighted by atomic mass is 10.1. The van der Waals surface area contributed by atoms with Gasteiger partial charge in [0.15, 0.2) is 11.5 Å². The number of ether oxygens (including phenoxy) is 3. The van der Waals surface area contributed by atoms with Crippen molar-refractivity contribution in [2.24, 2.45) is 0 Å². The van der Waals surface area contributed by atoms with Crippen LogP contribution < -0.4 is 9.47 Å². The van der Waals surface area contributed by atoms with Crippen LogP contribution in [0.5, 0.6) is 11.5 Å². The molecule has 0 aromatic heterocycles. The van der Waals surface area contributed by atoms with Crippen molar-refractivity contribution >= 4 is 5.97 Å². The number of carbonyl (C=O) groups excluding carboxylic acids is 1. The van der Waals surface area contributed by atoms with Gasteiger partial charge in [0, 0.05) is 25.1 Å². The van der Waals surface area contributed by atoms with Gasteiger partial charge in [0.2, 0.25) is 0 Å². The van der Waals surface area contributed by atoms with Gasteiger partial charge in [-0.1, -0.05) is 18.7 Å². The van der Waals surface area contributed by atoms with Crippen LogP contribution in [0, 0.1) is 0 Å². The minimum Gasteiger partial charge on any atom is -0.493 e. The van der Waals surface area contributed by atoms with Crippen molar-refractivity contribution < 1.29 is 24.1 Å². The van der Waals surface area contributed by atoms with E-state index in [-0.39, 0.29) is 5.97 Å². The molecule has 0 saturated carbocycles. The number of β-amino-alcohol motifs (C(OH)–C–C–N with tert-alkyl or cyclic N) is 1. The molecule has 0 unspecified atom stereocenters. The molecule has 132 valence electrons. The van der Waals surface area contributed by atoms with E-state index in [2.05, 4.69) is 6.58 Å². The molecular formula is C18H25NO5. The second-order valence-electron chi connectivity index (χ2n) is 6.05. The second kappa shape index (κ2) is 8.17. The fourth-order valence-electron chi connectivity index (χ4n) is 2.86. The third-order valence-corrected chi connectivity index (χ3v) is 3.97. The number of hydrogen-bond donors (Lipinski definition) is 1. The molecule has 24 heavy (non-hydrogen) atoms. The lowest BCUT2D eigenvalue weighted by molar-refractivity contribution is -0.146. The highest BCUT2D eigenvalue weighted by Crippen LogP contribution is 2.34. The number of aliphatic hydroxyl groups is 1. The first-order valence-electron chi connectivity index (χ1n) is 7.89. The normalized spacial score (nSPS) is 20.7. The Hall–Kier alpha value is -2.05. The largest absolute Gasteiger partial charge is 0.493 e. The monoisotopic (exact) mass is 335 g/mol.